The van der Waals surface area contributed by atoms with E-state index in [0.29, 0.717) is 0 Å². The summed E-state index contributed by atoms with van der Waals surface area (Å²) < 4.78 is 5.25. The van der Waals surface area contributed by atoms with E-state index < -0.39 is 5.60 Å². The van der Waals surface area contributed by atoms with E-state index in [2.05, 4.69) is 19.2 Å². The third-order valence-electron chi connectivity index (χ3n) is 3.45. The molecule has 18 heavy (non-hydrogen) atoms. The van der Waals surface area contributed by atoms with Crippen molar-refractivity contribution in [2.24, 2.45) is 11.3 Å². The van der Waals surface area contributed by atoms with E-state index in [4.69, 9.17) is 4.74 Å². The normalized spacial score (nSPS) is 27.7. The van der Waals surface area contributed by atoms with Gasteiger partial charge in [-0.2, -0.15) is 0 Å². The van der Waals surface area contributed by atoms with Gasteiger partial charge in [0.05, 0.1) is 0 Å². The molecule has 2 N–H and O–H groups in total. The summed E-state index contributed by atoms with van der Waals surface area (Å²) in [6, 6.07) is 0.0258. The highest BCUT2D eigenvalue weighted by Gasteiger charge is 2.35. The minimum Gasteiger partial charge on any atom is -0.444 e. The van der Waals surface area contributed by atoms with Crippen molar-refractivity contribution in [2.75, 3.05) is 6.61 Å². The van der Waals surface area contributed by atoms with Crippen molar-refractivity contribution < 1.29 is 14.6 Å². The number of alkyl carbamates (subject to hydrolysis) is 1. The van der Waals surface area contributed by atoms with Crippen LogP contribution in [0.1, 0.15) is 53.9 Å². The van der Waals surface area contributed by atoms with Crippen LogP contribution in [0.3, 0.4) is 0 Å². The number of ether oxygens (including phenoxy) is 1. The Morgan fingerprint density at radius 1 is 1.44 bits per heavy atom. The molecule has 0 aromatic heterocycles. The van der Waals surface area contributed by atoms with Crippen molar-refractivity contribution in [1.29, 1.82) is 0 Å². The number of carbonyl (C=O) groups excluding carboxylic acids is 1. The molecule has 0 aromatic rings. The molecule has 0 radical (unpaired) electrons. The monoisotopic (exact) mass is 257 g/mol. The van der Waals surface area contributed by atoms with Gasteiger partial charge >= 0.3 is 6.09 Å². The fourth-order valence-corrected chi connectivity index (χ4v) is 2.58. The first kappa shape index (κ1) is 15.3. The molecule has 0 saturated heterocycles. The zero-order valence-electron chi connectivity index (χ0n) is 12.2. The van der Waals surface area contributed by atoms with Gasteiger partial charge in [0, 0.05) is 18.6 Å². The maximum Gasteiger partial charge on any atom is 0.407 e. The molecule has 0 heterocycles. The van der Waals surface area contributed by atoms with Gasteiger partial charge in [0.25, 0.3) is 0 Å². The lowest BCUT2D eigenvalue weighted by Crippen LogP contribution is -2.48. The molecule has 4 heteroatoms. The van der Waals surface area contributed by atoms with Crippen LogP contribution in [0.2, 0.25) is 0 Å². The second kappa shape index (κ2) is 5.47. The third kappa shape index (κ3) is 4.84. The average molecular weight is 257 g/mol. The highest BCUT2D eigenvalue weighted by Crippen LogP contribution is 2.38. The number of aliphatic hydroxyl groups is 1. The number of hydrogen-bond donors (Lipinski definition) is 2. The lowest BCUT2D eigenvalue weighted by molar-refractivity contribution is 0.0370. The first-order chi connectivity index (χ1) is 8.13. The summed E-state index contributed by atoms with van der Waals surface area (Å²) in [6.45, 7) is 10.1. The van der Waals surface area contributed by atoms with Crippen LogP contribution in [0, 0.1) is 11.3 Å². The molecule has 1 saturated carbocycles. The van der Waals surface area contributed by atoms with Crippen LogP contribution in [-0.4, -0.2) is 29.4 Å². The summed E-state index contributed by atoms with van der Waals surface area (Å²) in [5, 5.41) is 12.3. The zero-order valence-corrected chi connectivity index (χ0v) is 12.2. The summed E-state index contributed by atoms with van der Waals surface area (Å²) in [7, 11) is 0. The summed E-state index contributed by atoms with van der Waals surface area (Å²) >= 11 is 0. The Morgan fingerprint density at radius 2 is 2.06 bits per heavy atom. The van der Waals surface area contributed by atoms with Crippen molar-refractivity contribution in [3.8, 4) is 0 Å². The molecule has 1 aliphatic carbocycles. The van der Waals surface area contributed by atoms with Gasteiger partial charge in [-0.05, 0) is 45.4 Å². The van der Waals surface area contributed by atoms with E-state index >= 15 is 0 Å². The van der Waals surface area contributed by atoms with Gasteiger partial charge in [-0.25, -0.2) is 4.79 Å². The maximum atomic E-state index is 11.7. The van der Waals surface area contributed by atoms with Gasteiger partial charge in [-0.15, -0.1) is 0 Å². The molecule has 106 valence electrons. The lowest BCUT2D eigenvalue weighted by Gasteiger charge is -2.40. The Bertz CT molecular complexity index is 294. The molecule has 1 amide bonds. The fourth-order valence-electron chi connectivity index (χ4n) is 2.58. The first-order valence-corrected chi connectivity index (χ1v) is 6.73. The number of aliphatic hydroxyl groups excluding tert-OH is 1. The second-order valence-electron chi connectivity index (χ2n) is 7.10. The summed E-state index contributed by atoms with van der Waals surface area (Å²) in [4.78, 5) is 11.7. The van der Waals surface area contributed by atoms with E-state index in [1.54, 1.807) is 0 Å². The minimum absolute atomic E-state index is 0.0258. The minimum atomic E-state index is -0.479. The summed E-state index contributed by atoms with van der Waals surface area (Å²) in [6.07, 6.45) is 2.51. The molecule has 0 unspecified atom stereocenters. The van der Waals surface area contributed by atoms with Crippen molar-refractivity contribution in [3.63, 3.8) is 0 Å². The topological polar surface area (TPSA) is 58.6 Å². The van der Waals surface area contributed by atoms with E-state index in [-0.39, 0.29) is 30.1 Å². The average Bonchev–Trinajstić information content (AvgIpc) is 2.17. The molecule has 1 fully saturated rings. The van der Waals surface area contributed by atoms with Crippen LogP contribution < -0.4 is 5.32 Å². The Hall–Kier alpha value is -0.770. The fraction of sp³-hybridized carbons (Fsp3) is 0.929. The predicted molar refractivity (Wildman–Crippen MR) is 71.4 cm³/mol. The van der Waals surface area contributed by atoms with Crippen LogP contribution in [0.5, 0.6) is 0 Å². The molecule has 0 aromatic carbocycles. The lowest BCUT2D eigenvalue weighted by atomic mass is 9.70. The number of hydrogen-bond acceptors (Lipinski definition) is 3. The molecule has 0 aliphatic heterocycles. The second-order valence-corrected chi connectivity index (χ2v) is 7.10. The van der Waals surface area contributed by atoms with Crippen LogP contribution in [0.25, 0.3) is 0 Å². The van der Waals surface area contributed by atoms with Gasteiger partial charge in [0.2, 0.25) is 0 Å². The summed E-state index contributed by atoms with van der Waals surface area (Å²) in [5.41, 5.74) is -0.230. The Labute approximate surface area is 110 Å². The summed E-state index contributed by atoms with van der Waals surface area (Å²) in [5.74, 6) is 0.126. The van der Waals surface area contributed by atoms with Crippen molar-refractivity contribution >= 4 is 6.09 Å². The van der Waals surface area contributed by atoms with Gasteiger partial charge in [0.15, 0.2) is 0 Å². The van der Waals surface area contributed by atoms with Crippen molar-refractivity contribution in [3.05, 3.63) is 0 Å². The van der Waals surface area contributed by atoms with E-state index in [9.17, 15) is 9.90 Å². The van der Waals surface area contributed by atoms with Gasteiger partial charge in [0.1, 0.15) is 5.60 Å². The highest BCUT2D eigenvalue weighted by atomic mass is 16.6. The molecule has 1 rings (SSSR count). The largest absolute Gasteiger partial charge is 0.444 e. The van der Waals surface area contributed by atoms with Gasteiger partial charge in [-0.3, -0.25) is 0 Å². The Balaban J connectivity index is 2.54. The number of nitrogens with one attached hydrogen (secondary N) is 1. The van der Waals surface area contributed by atoms with Crippen LogP contribution in [0.4, 0.5) is 4.79 Å². The zero-order chi connectivity index (χ0) is 14.0. The predicted octanol–water partition coefficient (Wildman–Crippen LogP) is 2.70. The highest BCUT2D eigenvalue weighted by molar-refractivity contribution is 5.68. The number of carbonyl (C=O) groups is 1. The van der Waals surface area contributed by atoms with E-state index in [0.717, 1.165) is 19.3 Å². The van der Waals surface area contributed by atoms with Gasteiger partial charge in [-0.1, -0.05) is 13.8 Å². The Morgan fingerprint density at radius 3 is 2.56 bits per heavy atom. The molecule has 0 bridgehead atoms. The third-order valence-corrected chi connectivity index (χ3v) is 3.45. The number of rotatable bonds is 2. The van der Waals surface area contributed by atoms with Crippen LogP contribution in [-0.2, 0) is 4.74 Å². The Kier molecular flexibility index (Phi) is 4.65. The molecule has 0 spiro atoms. The van der Waals surface area contributed by atoms with Crippen molar-refractivity contribution in [2.45, 2.75) is 65.5 Å². The van der Waals surface area contributed by atoms with Crippen molar-refractivity contribution in [1.82, 2.24) is 5.32 Å². The molecule has 2 atom stereocenters. The quantitative estimate of drug-likeness (QED) is 0.799. The van der Waals surface area contributed by atoms with Crippen LogP contribution >= 0.6 is 0 Å². The van der Waals surface area contributed by atoms with Gasteiger partial charge < -0.3 is 15.2 Å². The van der Waals surface area contributed by atoms with E-state index in [1.807, 2.05) is 20.8 Å². The standard InChI is InChI=1S/C14H27NO3/c1-13(2,3)18-12(17)15-11-6-7-14(4,5)8-10(11)9-16/h10-11,16H,6-9H2,1-5H3,(H,15,17)/t10-,11+/m0/s1. The smallest absolute Gasteiger partial charge is 0.407 e. The first-order valence-electron chi connectivity index (χ1n) is 6.73. The maximum absolute atomic E-state index is 11.7. The molecule has 1 aliphatic rings. The van der Waals surface area contributed by atoms with E-state index in [1.165, 1.54) is 0 Å². The number of amides is 1. The SMILES string of the molecule is CC1(C)CC[C@@H](NC(=O)OC(C)(C)C)[C@H](CO)C1. The van der Waals surface area contributed by atoms with Crippen LogP contribution in [0.15, 0.2) is 0 Å². The molecule has 4 nitrogen and oxygen atoms in total. The molecular formula is C14H27NO3. The molecular weight excluding hydrogens is 230 g/mol.